The summed E-state index contributed by atoms with van der Waals surface area (Å²) in [7, 11) is 1.75. The van der Waals surface area contributed by atoms with Crippen LogP contribution in [0.4, 0.5) is 19.0 Å². The Labute approximate surface area is 155 Å². The number of amides is 1. The lowest BCUT2D eigenvalue weighted by molar-refractivity contribution is -0.136. The Morgan fingerprint density at radius 3 is 2.37 bits per heavy atom. The molecule has 0 bridgehead atoms. The van der Waals surface area contributed by atoms with Gasteiger partial charge in [-0.3, -0.25) is 9.48 Å². The number of halogens is 3. The fraction of sp³-hybridized carbons (Fsp3) is 0.500. The van der Waals surface area contributed by atoms with Crippen molar-refractivity contribution in [3.05, 3.63) is 35.6 Å². The standard InChI is InChI=1S/C20H22F3N3O/c1-19(22,23)20(10-11-20)18(27)24-17-15(12-4-3-5-12)16(26(2)25-17)13-6-8-14(21)9-7-13/h6-9,12H,3-5,10-11H2,1-2H3,(H,24,25,27). The van der Waals surface area contributed by atoms with Crippen molar-refractivity contribution in [2.45, 2.75) is 50.9 Å². The minimum atomic E-state index is -3.07. The first kappa shape index (κ1) is 18.1. The molecular weight excluding hydrogens is 355 g/mol. The quantitative estimate of drug-likeness (QED) is 0.808. The molecule has 2 aliphatic rings. The normalized spacial score (nSPS) is 18.9. The van der Waals surface area contributed by atoms with Crippen LogP contribution in [0.3, 0.4) is 0 Å². The molecule has 1 amide bonds. The van der Waals surface area contributed by atoms with Gasteiger partial charge in [0.05, 0.1) is 5.69 Å². The van der Waals surface area contributed by atoms with Crippen molar-refractivity contribution in [3.8, 4) is 11.3 Å². The molecule has 27 heavy (non-hydrogen) atoms. The van der Waals surface area contributed by atoms with E-state index in [1.165, 1.54) is 12.1 Å². The van der Waals surface area contributed by atoms with Crippen molar-refractivity contribution in [1.82, 2.24) is 9.78 Å². The molecule has 2 fully saturated rings. The average molecular weight is 377 g/mol. The van der Waals surface area contributed by atoms with Crippen molar-refractivity contribution in [1.29, 1.82) is 0 Å². The highest BCUT2D eigenvalue weighted by Crippen LogP contribution is 2.57. The number of alkyl halides is 2. The van der Waals surface area contributed by atoms with E-state index in [0.717, 1.165) is 43.0 Å². The van der Waals surface area contributed by atoms with Gasteiger partial charge in [-0.25, -0.2) is 13.2 Å². The SMILES string of the molecule is Cn1nc(NC(=O)C2(C(C)(F)F)CC2)c(C2CCC2)c1-c1ccc(F)cc1. The molecular formula is C20H22F3N3O. The summed E-state index contributed by atoms with van der Waals surface area (Å²) >= 11 is 0. The highest BCUT2D eigenvalue weighted by Gasteiger charge is 2.64. The van der Waals surface area contributed by atoms with Crippen LogP contribution in [0.25, 0.3) is 11.3 Å². The Morgan fingerprint density at radius 1 is 1.26 bits per heavy atom. The lowest BCUT2D eigenvalue weighted by Crippen LogP contribution is -2.38. The predicted octanol–water partition coefficient (Wildman–Crippen LogP) is 4.87. The smallest absolute Gasteiger partial charge is 0.259 e. The lowest BCUT2D eigenvalue weighted by atomic mass is 9.78. The van der Waals surface area contributed by atoms with E-state index in [9.17, 15) is 18.0 Å². The van der Waals surface area contributed by atoms with Gasteiger partial charge < -0.3 is 5.32 Å². The summed E-state index contributed by atoms with van der Waals surface area (Å²) in [5, 5.41) is 7.11. The number of hydrogen-bond acceptors (Lipinski definition) is 2. The van der Waals surface area contributed by atoms with Crippen LogP contribution < -0.4 is 5.32 Å². The topological polar surface area (TPSA) is 46.9 Å². The van der Waals surface area contributed by atoms with E-state index in [2.05, 4.69) is 10.4 Å². The summed E-state index contributed by atoms with van der Waals surface area (Å²) in [5.41, 5.74) is 0.815. The lowest BCUT2D eigenvalue weighted by Gasteiger charge is -2.27. The zero-order chi connectivity index (χ0) is 19.4. The van der Waals surface area contributed by atoms with Crippen LogP contribution in [0, 0.1) is 11.2 Å². The van der Waals surface area contributed by atoms with Gasteiger partial charge in [-0.2, -0.15) is 5.10 Å². The number of benzene rings is 1. The molecule has 1 aromatic carbocycles. The third-order valence-corrected chi connectivity index (χ3v) is 5.97. The molecule has 1 N–H and O–H groups in total. The highest BCUT2D eigenvalue weighted by molar-refractivity contribution is 5.98. The summed E-state index contributed by atoms with van der Waals surface area (Å²) in [6.07, 6.45) is 3.35. The van der Waals surface area contributed by atoms with E-state index in [0.29, 0.717) is 5.82 Å². The van der Waals surface area contributed by atoms with Crippen molar-refractivity contribution in [3.63, 3.8) is 0 Å². The first-order valence-corrected chi connectivity index (χ1v) is 9.25. The number of nitrogens with one attached hydrogen (secondary N) is 1. The van der Waals surface area contributed by atoms with Gasteiger partial charge in [0.25, 0.3) is 5.92 Å². The van der Waals surface area contributed by atoms with Gasteiger partial charge >= 0.3 is 0 Å². The molecule has 0 spiro atoms. The van der Waals surface area contributed by atoms with Crippen LogP contribution in [0.1, 0.15) is 50.5 Å². The number of hydrogen-bond donors (Lipinski definition) is 1. The number of rotatable bonds is 5. The molecule has 0 aliphatic heterocycles. The number of nitrogens with zero attached hydrogens (tertiary/aromatic N) is 2. The molecule has 0 saturated heterocycles. The zero-order valence-electron chi connectivity index (χ0n) is 15.4. The molecule has 0 atom stereocenters. The highest BCUT2D eigenvalue weighted by atomic mass is 19.3. The molecule has 2 aliphatic carbocycles. The van der Waals surface area contributed by atoms with E-state index >= 15 is 0 Å². The summed E-state index contributed by atoms with van der Waals surface area (Å²) in [6, 6.07) is 6.09. The van der Waals surface area contributed by atoms with Gasteiger partial charge in [0.15, 0.2) is 5.82 Å². The maximum atomic E-state index is 13.9. The molecule has 2 aromatic rings. The summed E-state index contributed by atoms with van der Waals surface area (Å²) in [6.45, 7) is 0.800. The van der Waals surface area contributed by atoms with Gasteiger partial charge in [-0.15, -0.1) is 0 Å². The molecule has 144 valence electrons. The fourth-order valence-corrected chi connectivity index (χ4v) is 3.88. The third kappa shape index (κ3) is 2.93. The average Bonchev–Trinajstić information content (AvgIpc) is 3.30. The first-order chi connectivity index (χ1) is 12.7. The maximum Gasteiger partial charge on any atom is 0.259 e. The molecule has 1 aromatic heterocycles. The van der Waals surface area contributed by atoms with Gasteiger partial charge in [-0.1, -0.05) is 6.42 Å². The molecule has 4 rings (SSSR count). The number of carbonyl (C=O) groups is 1. The predicted molar refractivity (Wildman–Crippen MR) is 96.1 cm³/mol. The molecule has 1 heterocycles. The minimum Gasteiger partial charge on any atom is -0.308 e. The van der Waals surface area contributed by atoms with Crippen LogP contribution in [0.15, 0.2) is 24.3 Å². The van der Waals surface area contributed by atoms with E-state index < -0.39 is 17.2 Å². The number of aryl methyl sites for hydroxylation is 1. The summed E-state index contributed by atoms with van der Waals surface area (Å²) in [5.74, 6) is -3.50. The van der Waals surface area contributed by atoms with E-state index in [-0.39, 0.29) is 24.6 Å². The second kappa shape index (κ2) is 6.11. The van der Waals surface area contributed by atoms with E-state index in [1.54, 1.807) is 23.9 Å². The van der Waals surface area contributed by atoms with Crippen LogP contribution >= 0.6 is 0 Å². The summed E-state index contributed by atoms with van der Waals surface area (Å²) in [4.78, 5) is 12.6. The van der Waals surface area contributed by atoms with E-state index in [4.69, 9.17) is 0 Å². The van der Waals surface area contributed by atoms with Crippen molar-refractivity contribution in [2.75, 3.05) is 5.32 Å². The zero-order valence-corrected chi connectivity index (χ0v) is 15.4. The molecule has 0 unspecified atom stereocenters. The van der Waals surface area contributed by atoms with E-state index in [1.807, 2.05) is 0 Å². The van der Waals surface area contributed by atoms with Gasteiger partial charge in [0, 0.05) is 25.1 Å². The number of aromatic nitrogens is 2. The Balaban J connectivity index is 1.72. The largest absolute Gasteiger partial charge is 0.308 e. The van der Waals surface area contributed by atoms with Crippen molar-refractivity contribution < 1.29 is 18.0 Å². The Hall–Kier alpha value is -2.31. The van der Waals surface area contributed by atoms with Gasteiger partial charge in [0.1, 0.15) is 11.2 Å². The van der Waals surface area contributed by atoms with Crippen molar-refractivity contribution in [2.24, 2.45) is 12.5 Å². The van der Waals surface area contributed by atoms with Crippen molar-refractivity contribution >= 4 is 11.7 Å². The molecule has 4 nitrogen and oxygen atoms in total. The molecule has 0 radical (unpaired) electrons. The maximum absolute atomic E-state index is 13.9. The first-order valence-electron chi connectivity index (χ1n) is 9.25. The van der Waals surface area contributed by atoms with Crippen LogP contribution in [-0.2, 0) is 11.8 Å². The summed E-state index contributed by atoms with van der Waals surface area (Å²) < 4.78 is 42.8. The van der Waals surface area contributed by atoms with Crippen LogP contribution in [0.5, 0.6) is 0 Å². The molecule has 2 saturated carbocycles. The third-order valence-electron chi connectivity index (χ3n) is 5.97. The second-order valence-electron chi connectivity index (χ2n) is 7.79. The molecule has 7 heteroatoms. The Kier molecular flexibility index (Phi) is 4.09. The van der Waals surface area contributed by atoms with Gasteiger partial charge in [0.2, 0.25) is 5.91 Å². The monoisotopic (exact) mass is 377 g/mol. The Bertz CT molecular complexity index is 875. The van der Waals surface area contributed by atoms with Gasteiger partial charge in [-0.05, 0) is 55.9 Å². The van der Waals surface area contributed by atoms with Crippen LogP contribution in [0.2, 0.25) is 0 Å². The minimum absolute atomic E-state index is 0.179. The second-order valence-corrected chi connectivity index (χ2v) is 7.79. The fourth-order valence-electron chi connectivity index (χ4n) is 3.88. The number of carbonyl (C=O) groups excluding carboxylic acids is 1. The van der Waals surface area contributed by atoms with Crippen LogP contribution in [-0.4, -0.2) is 21.6 Å². The Morgan fingerprint density at radius 2 is 1.89 bits per heavy atom. The number of anilines is 1.